The van der Waals surface area contributed by atoms with Gasteiger partial charge in [0.1, 0.15) is 0 Å². The first-order chi connectivity index (χ1) is 6.38. The molecule has 0 aliphatic heterocycles. The summed E-state index contributed by atoms with van der Waals surface area (Å²) < 4.78 is 10.3. The van der Waals surface area contributed by atoms with Gasteiger partial charge >= 0.3 is 0 Å². The number of hydrogen-bond donors (Lipinski definition) is 0. The predicted molar refractivity (Wildman–Crippen MR) is 56.7 cm³/mol. The summed E-state index contributed by atoms with van der Waals surface area (Å²) in [5.74, 6) is 0. The Morgan fingerprint density at radius 1 is 1.00 bits per heavy atom. The number of benzene rings is 1. The molecule has 3 heteroatoms. The molecule has 0 N–H and O–H groups in total. The van der Waals surface area contributed by atoms with E-state index < -0.39 is 0 Å². The van der Waals surface area contributed by atoms with Crippen LogP contribution in [0, 0.1) is 0 Å². The van der Waals surface area contributed by atoms with Gasteiger partial charge in [0.15, 0.2) is 0 Å². The minimum absolute atomic E-state index is 0.300. The van der Waals surface area contributed by atoms with Crippen LogP contribution < -0.4 is 5.30 Å². The quantitative estimate of drug-likeness (QED) is 0.674. The molecule has 0 heterocycles. The van der Waals surface area contributed by atoms with Crippen molar-refractivity contribution in [1.82, 2.24) is 0 Å². The Labute approximate surface area is 80.6 Å². The van der Waals surface area contributed by atoms with E-state index in [4.69, 9.17) is 9.47 Å². The highest BCUT2D eigenvalue weighted by Gasteiger charge is 2.08. The summed E-state index contributed by atoms with van der Waals surface area (Å²) in [6.45, 7) is 0. The molecule has 13 heavy (non-hydrogen) atoms. The van der Waals surface area contributed by atoms with Crippen molar-refractivity contribution in [2.45, 2.75) is 0 Å². The molecule has 0 aliphatic rings. The molecule has 0 saturated heterocycles. The van der Waals surface area contributed by atoms with Crippen molar-refractivity contribution in [3.63, 3.8) is 0 Å². The Hall–Kier alpha value is -0.430. The van der Waals surface area contributed by atoms with E-state index in [1.807, 2.05) is 6.07 Å². The Morgan fingerprint density at radius 2 is 1.54 bits per heavy atom. The van der Waals surface area contributed by atoms with Gasteiger partial charge in [-0.2, -0.15) is 0 Å². The van der Waals surface area contributed by atoms with Crippen molar-refractivity contribution in [3.05, 3.63) is 30.3 Å². The maximum atomic E-state index is 5.16. The lowest BCUT2D eigenvalue weighted by molar-refractivity contribution is 0.235. The van der Waals surface area contributed by atoms with Gasteiger partial charge in [-0.1, -0.05) is 30.3 Å². The third kappa shape index (κ3) is 3.43. The van der Waals surface area contributed by atoms with Crippen molar-refractivity contribution in [3.8, 4) is 0 Å². The van der Waals surface area contributed by atoms with Crippen LogP contribution in [0.3, 0.4) is 0 Å². The molecule has 0 aliphatic carbocycles. The van der Waals surface area contributed by atoms with E-state index in [-0.39, 0.29) is 7.92 Å². The fraction of sp³-hybridized carbons (Fsp3) is 0.400. The van der Waals surface area contributed by atoms with Gasteiger partial charge in [-0.05, 0) is 13.2 Å². The van der Waals surface area contributed by atoms with Crippen LogP contribution in [0.5, 0.6) is 0 Å². The van der Waals surface area contributed by atoms with Gasteiger partial charge in [-0.3, -0.25) is 0 Å². The van der Waals surface area contributed by atoms with Gasteiger partial charge in [-0.15, -0.1) is 0 Å². The van der Waals surface area contributed by atoms with Gasteiger partial charge < -0.3 is 9.47 Å². The highest BCUT2D eigenvalue weighted by atomic mass is 31.1. The fourth-order valence-electron chi connectivity index (χ4n) is 1.14. The van der Waals surface area contributed by atoms with Crippen LogP contribution >= 0.6 is 7.92 Å². The Balaban J connectivity index is 2.64. The van der Waals surface area contributed by atoms with Crippen molar-refractivity contribution < 1.29 is 9.47 Å². The van der Waals surface area contributed by atoms with E-state index >= 15 is 0 Å². The molecule has 0 atom stereocenters. The first-order valence-corrected chi connectivity index (χ1v) is 5.87. The molecular weight excluding hydrogens is 183 g/mol. The van der Waals surface area contributed by atoms with Crippen molar-refractivity contribution in [1.29, 1.82) is 0 Å². The van der Waals surface area contributed by atoms with Gasteiger partial charge in [-0.25, -0.2) is 0 Å². The summed E-state index contributed by atoms with van der Waals surface area (Å²) in [6.07, 6.45) is 1.54. The maximum Gasteiger partial charge on any atom is 0.0719 e. The second-order valence-corrected chi connectivity index (χ2v) is 4.82. The van der Waals surface area contributed by atoms with Crippen molar-refractivity contribution in [2.24, 2.45) is 0 Å². The topological polar surface area (TPSA) is 18.5 Å². The second-order valence-electron chi connectivity index (χ2n) is 2.71. The van der Waals surface area contributed by atoms with Crippen LogP contribution in [0.2, 0.25) is 0 Å². The average Bonchev–Trinajstić information content (AvgIpc) is 2.19. The highest BCUT2D eigenvalue weighted by molar-refractivity contribution is 7.65. The lowest BCUT2D eigenvalue weighted by Gasteiger charge is -2.15. The van der Waals surface area contributed by atoms with Crippen molar-refractivity contribution in [2.75, 3.05) is 26.9 Å². The lowest BCUT2D eigenvalue weighted by atomic mass is 10.4. The SMILES string of the molecule is COCP(COC)c1ccccc1. The summed E-state index contributed by atoms with van der Waals surface area (Å²) in [7, 11) is 3.16. The van der Waals surface area contributed by atoms with E-state index in [0.29, 0.717) is 0 Å². The molecule has 0 aromatic heterocycles. The molecule has 0 fully saturated rings. The predicted octanol–water partition coefficient (Wildman–Crippen LogP) is 2.00. The lowest BCUT2D eigenvalue weighted by Crippen LogP contribution is -2.07. The van der Waals surface area contributed by atoms with E-state index in [1.165, 1.54) is 5.30 Å². The highest BCUT2D eigenvalue weighted by Crippen LogP contribution is 2.33. The van der Waals surface area contributed by atoms with Gasteiger partial charge in [0.2, 0.25) is 0 Å². The van der Waals surface area contributed by atoms with Crippen LogP contribution in [-0.2, 0) is 9.47 Å². The van der Waals surface area contributed by atoms with Crippen LogP contribution in [0.15, 0.2) is 30.3 Å². The third-order valence-electron chi connectivity index (χ3n) is 1.69. The van der Waals surface area contributed by atoms with Gasteiger partial charge in [0, 0.05) is 14.2 Å². The molecule has 1 aromatic carbocycles. The summed E-state index contributed by atoms with van der Waals surface area (Å²) in [4.78, 5) is 0. The zero-order valence-electron chi connectivity index (χ0n) is 8.06. The first kappa shape index (κ1) is 10.6. The monoisotopic (exact) mass is 198 g/mol. The van der Waals surface area contributed by atoms with E-state index in [1.54, 1.807) is 14.2 Å². The molecule has 2 nitrogen and oxygen atoms in total. The number of ether oxygens (including phenoxy) is 2. The molecule has 1 rings (SSSR count). The first-order valence-electron chi connectivity index (χ1n) is 4.16. The van der Waals surface area contributed by atoms with Crippen LogP contribution in [-0.4, -0.2) is 26.9 Å². The molecule has 0 spiro atoms. The molecule has 0 unspecified atom stereocenters. The molecule has 0 bridgehead atoms. The Bertz CT molecular complexity index is 220. The van der Waals surface area contributed by atoms with Crippen LogP contribution in [0.25, 0.3) is 0 Å². The Kier molecular flexibility index (Phi) is 4.99. The van der Waals surface area contributed by atoms with E-state index in [0.717, 1.165) is 12.7 Å². The maximum absolute atomic E-state index is 5.16. The van der Waals surface area contributed by atoms with Gasteiger partial charge in [0.05, 0.1) is 12.7 Å². The molecule has 0 saturated carbocycles. The largest absolute Gasteiger partial charge is 0.380 e. The number of methoxy groups -OCH3 is 2. The summed E-state index contributed by atoms with van der Waals surface area (Å²) in [5, 5.41) is 1.33. The summed E-state index contributed by atoms with van der Waals surface area (Å²) in [5.41, 5.74) is 0. The molecule has 72 valence electrons. The average molecular weight is 198 g/mol. The third-order valence-corrected chi connectivity index (χ3v) is 3.86. The minimum Gasteiger partial charge on any atom is -0.380 e. The molecule has 0 radical (unpaired) electrons. The number of rotatable bonds is 5. The molecular formula is C10H15O2P. The summed E-state index contributed by atoms with van der Waals surface area (Å²) >= 11 is 0. The van der Waals surface area contributed by atoms with Crippen molar-refractivity contribution >= 4 is 13.2 Å². The summed E-state index contributed by atoms with van der Waals surface area (Å²) in [6, 6.07) is 10.4. The van der Waals surface area contributed by atoms with E-state index in [2.05, 4.69) is 24.3 Å². The molecule has 1 aromatic rings. The number of hydrogen-bond acceptors (Lipinski definition) is 2. The molecule has 0 amide bonds. The normalized spacial score (nSPS) is 10.7. The van der Waals surface area contributed by atoms with Crippen LogP contribution in [0.4, 0.5) is 0 Å². The van der Waals surface area contributed by atoms with Gasteiger partial charge in [0.25, 0.3) is 0 Å². The second kappa shape index (κ2) is 6.09. The fourth-order valence-corrected chi connectivity index (χ4v) is 2.73. The van der Waals surface area contributed by atoms with E-state index in [9.17, 15) is 0 Å². The zero-order chi connectivity index (χ0) is 9.52. The standard InChI is InChI=1S/C10H15O2P/c1-11-8-13(9-12-2)10-6-4-3-5-7-10/h3-7H,8-9H2,1-2H3. The Morgan fingerprint density at radius 3 is 2.00 bits per heavy atom. The van der Waals surface area contributed by atoms with Crippen LogP contribution in [0.1, 0.15) is 0 Å². The zero-order valence-corrected chi connectivity index (χ0v) is 8.96. The minimum atomic E-state index is -0.300. The smallest absolute Gasteiger partial charge is 0.0719 e.